The number of nitrogens with zero attached hydrogens (tertiary/aromatic N) is 5. The first-order valence-corrected chi connectivity index (χ1v) is 11.5. The number of rotatable bonds is 7. The first-order chi connectivity index (χ1) is 17.7. The Kier molecular flexibility index (Phi) is 6.32. The number of amides is 1. The topological polar surface area (TPSA) is 108 Å². The van der Waals surface area contributed by atoms with Gasteiger partial charge in [-0.15, -0.1) is 0 Å². The third-order valence-corrected chi connectivity index (χ3v) is 6.13. The molecule has 4 heterocycles. The summed E-state index contributed by atoms with van der Waals surface area (Å²) in [5.74, 6) is 0.543. The van der Waals surface area contributed by atoms with E-state index in [1.165, 1.54) is 24.0 Å². The number of benzene rings is 1. The van der Waals surface area contributed by atoms with Crippen molar-refractivity contribution in [1.82, 2.24) is 24.5 Å². The number of nitrogens with two attached hydrogens (primary N) is 1. The van der Waals surface area contributed by atoms with Crippen molar-refractivity contribution in [2.45, 2.75) is 19.0 Å². The van der Waals surface area contributed by atoms with Gasteiger partial charge >= 0.3 is 6.18 Å². The number of aromatic nitrogens is 4. The van der Waals surface area contributed by atoms with Crippen molar-refractivity contribution >= 4 is 17.4 Å². The molecule has 0 aliphatic carbocycles. The van der Waals surface area contributed by atoms with Gasteiger partial charge in [0.1, 0.15) is 12.4 Å². The van der Waals surface area contributed by atoms with E-state index in [-0.39, 0.29) is 11.5 Å². The third-order valence-electron chi connectivity index (χ3n) is 6.13. The number of carbonyl (C=O) groups is 1. The van der Waals surface area contributed by atoms with E-state index in [1.807, 2.05) is 0 Å². The molecule has 5 rings (SSSR count). The van der Waals surface area contributed by atoms with Crippen LogP contribution in [-0.4, -0.2) is 57.2 Å². The molecule has 0 atom stereocenters. The molecule has 1 aliphatic heterocycles. The van der Waals surface area contributed by atoms with E-state index < -0.39 is 17.6 Å². The Bertz CT molecular complexity index is 1470. The van der Waals surface area contributed by atoms with E-state index in [4.69, 9.17) is 15.2 Å². The minimum Gasteiger partial charge on any atom is -0.493 e. The number of carbonyl (C=O) groups excluding carboxylic acids is 1. The molecule has 1 saturated heterocycles. The summed E-state index contributed by atoms with van der Waals surface area (Å²) in [5, 5.41) is 4.60. The molecule has 0 saturated carbocycles. The molecular weight excluding hydrogens is 489 g/mol. The van der Waals surface area contributed by atoms with Gasteiger partial charge in [-0.1, -0.05) is 0 Å². The van der Waals surface area contributed by atoms with Gasteiger partial charge in [0.15, 0.2) is 17.1 Å². The van der Waals surface area contributed by atoms with E-state index in [1.54, 1.807) is 35.2 Å². The Morgan fingerprint density at radius 1 is 1.05 bits per heavy atom. The summed E-state index contributed by atoms with van der Waals surface area (Å²) in [6.07, 6.45) is -0.511. The van der Waals surface area contributed by atoms with Crippen LogP contribution in [0.15, 0.2) is 48.8 Å². The standard InChI is InChI=1S/C25H23F3N6O3/c1-36-21-12-15(4-6-20(21)37-10-9-33-8-2-3-23(33)35)18-5-7-22-30-14-19(34(22)32-18)16-11-17(25(26,27)28)24(29)31-13-16/h4-7,11-14H,2-3,8-10H2,1H3,(H2,29,31). The van der Waals surface area contributed by atoms with Crippen LogP contribution in [-0.2, 0) is 11.0 Å². The summed E-state index contributed by atoms with van der Waals surface area (Å²) in [6.45, 7) is 1.58. The number of halogens is 3. The molecule has 12 heteroatoms. The lowest BCUT2D eigenvalue weighted by Crippen LogP contribution is -2.29. The van der Waals surface area contributed by atoms with Gasteiger partial charge in [-0.2, -0.15) is 18.3 Å². The molecule has 0 spiro atoms. The number of hydrogen-bond donors (Lipinski definition) is 1. The summed E-state index contributed by atoms with van der Waals surface area (Å²) in [6, 6.07) is 9.71. The lowest BCUT2D eigenvalue weighted by molar-refractivity contribution is -0.137. The number of alkyl halides is 3. The molecule has 192 valence electrons. The van der Waals surface area contributed by atoms with Crippen LogP contribution in [0.2, 0.25) is 0 Å². The maximum absolute atomic E-state index is 13.3. The highest BCUT2D eigenvalue weighted by molar-refractivity contribution is 5.78. The van der Waals surface area contributed by atoms with Gasteiger partial charge in [0, 0.05) is 30.3 Å². The van der Waals surface area contributed by atoms with Crippen molar-refractivity contribution in [3.05, 3.63) is 54.4 Å². The lowest BCUT2D eigenvalue weighted by Gasteiger charge is -2.17. The Hall–Kier alpha value is -4.35. The van der Waals surface area contributed by atoms with Gasteiger partial charge in [0.25, 0.3) is 0 Å². The molecule has 4 aromatic rings. The SMILES string of the molecule is COc1cc(-c2ccc3ncc(-c4cnc(N)c(C(F)(F)F)c4)n3n2)ccc1OCCN1CCCC1=O. The quantitative estimate of drug-likeness (QED) is 0.398. The minimum absolute atomic E-state index is 0.135. The average molecular weight is 512 g/mol. The second kappa shape index (κ2) is 9.60. The van der Waals surface area contributed by atoms with E-state index in [0.717, 1.165) is 19.0 Å². The summed E-state index contributed by atoms with van der Waals surface area (Å²) >= 11 is 0. The smallest absolute Gasteiger partial charge is 0.419 e. The number of nitrogen functional groups attached to an aromatic ring is 1. The van der Waals surface area contributed by atoms with E-state index in [2.05, 4.69) is 15.1 Å². The molecule has 0 radical (unpaired) electrons. The number of hydrogen-bond acceptors (Lipinski definition) is 7. The van der Waals surface area contributed by atoms with Gasteiger partial charge in [0.05, 0.1) is 36.8 Å². The van der Waals surface area contributed by atoms with E-state index >= 15 is 0 Å². The van der Waals surface area contributed by atoms with Crippen LogP contribution in [0.25, 0.3) is 28.2 Å². The average Bonchev–Trinajstić information content (AvgIpc) is 3.49. The highest BCUT2D eigenvalue weighted by Gasteiger charge is 2.34. The van der Waals surface area contributed by atoms with Crippen LogP contribution in [0, 0.1) is 0 Å². The molecular formula is C25H23F3N6O3. The fraction of sp³-hybridized carbons (Fsp3) is 0.280. The van der Waals surface area contributed by atoms with Crippen molar-refractivity contribution in [3.8, 4) is 34.0 Å². The molecule has 3 aromatic heterocycles. The zero-order valence-electron chi connectivity index (χ0n) is 19.8. The van der Waals surface area contributed by atoms with Gasteiger partial charge < -0.3 is 20.1 Å². The van der Waals surface area contributed by atoms with Crippen LogP contribution in [0.5, 0.6) is 11.5 Å². The molecule has 1 aliphatic rings. The lowest BCUT2D eigenvalue weighted by atomic mass is 10.1. The number of anilines is 1. The zero-order chi connectivity index (χ0) is 26.2. The Morgan fingerprint density at radius 2 is 1.89 bits per heavy atom. The molecule has 1 aromatic carbocycles. The maximum atomic E-state index is 13.3. The largest absolute Gasteiger partial charge is 0.493 e. The number of methoxy groups -OCH3 is 1. The normalized spacial score (nSPS) is 13.9. The Labute approximate surface area is 209 Å². The second-order valence-electron chi connectivity index (χ2n) is 8.49. The molecule has 1 fully saturated rings. The van der Waals surface area contributed by atoms with Crippen LogP contribution in [0.4, 0.5) is 19.0 Å². The number of imidazole rings is 1. The fourth-order valence-electron chi connectivity index (χ4n) is 4.22. The second-order valence-corrected chi connectivity index (χ2v) is 8.49. The van der Waals surface area contributed by atoms with Gasteiger partial charge in [-0.05, 0) is 42.8 Å². The molecule has 1 amide bonds. The van der Waals surface area contributed by atoms with Crippen molar-refractivity contribution in [2.24, 2.45) is 0 Å². The van der Waals surface area contributed by atoms with Gasteiger partial charge in [-0.25, -0.2) is 14.5 Å². The van der Waals surface area contributed by atoms with Crippen LogP contribution < -0.4 is 15.2 Å². The summed E-state index contributed by atoms with van der Waals surface area (Å²) in [5.41, 5.74) is 6.62. The fourth-order valence-corrected chi connectivity index (χ4v) is 4.22. The highest BCUT2D eigenvalue weighted by atomic mass is 19.4. The summed E-state index contributed by atoms with van der Waals surface area (Å²) < 4.78 is 52.8. The monoisotopic (exact) mass is 512 g/mol. The first kappa shape index (κ1) is 24.3. The predicted octanol–water partition coefficient (Wildman–Crippen LogP) is 4.07. The summed E-state index contributed by atoms with van der Waals surface area (Å²) in [4.78, 5) is 21.5. The van der Waals surface area contributed by atoms with Crippen molar-refractivity contribution in [1.29, 1.82) is 0 Å². The van der Waals surface area contributed by atoms with E-state index in [0.29, 0.717) is 53.7 Å². The highest BCUT2D eigenvalue weighted by Crippen LogP contribution is 2.36. The number of likely N-dealkylation sites (tertiary alicyclic amines) is 1. The van der Waals surface area contributed by atoms with Gasteiger partial charge in [-0.3, -0.25) is 4.79 Å². The molecule has 2 N–H and O–H groups in total. The summed E-state index contributed by atoms with van der Waals surface area (Å²) in [7, 11) is 1.52. The minimum atomic E-state index is -4.64. The van der Waals surface area contributed by atoms with Crippen LogP contribution in [0.1, 0.15) is 18.4 Å². The maximum Gasteiger partial charge on any atom is 0.419 e. The number of ether oxygens (including phenoxy) is 2. The van der Waals surface area contributed by atoms with Crippen molar-refractivity contribution in [2.75, 3.05) is 32.5 Å². The predicted molar refractivity (Wildman–Crippen MR) is 129 cm³/mol. The molecule has 0 bridgehead atoms. The van der Waals surface area contributed by atoms with Crippen LogP contribution >= 0.6 is 0 Å². The zero-order valence-corrected chi connectivity index (χ0v) is 19.8. The Morgan fingerprint density at radius 3 is 2.62 bits per heavy atom. The molecule has 37 heavy (non-hydrogen) atoms. The van der Waals surface area contributed by atoms with Crippen LogP contribution in [0.3, 0.4) is 0 Å². The van der Waals surface area contributed by atoms with Crippen molar-refractivity contribution < 1.29 is 27.4 Å². The first-order valence-electron chi connectivity index (χ1n) is 11.5. The number of fused-ring (bicyclic) bond motifs is 1. The Balaban J connectivity index is 1.42. The van der Waals surface area contributed by atoms with Crippen molar-refractivity contribution in [3.63, 3.8) is 0 Å². The van der Waals surface area contributed by atoms with Gasteiger partial charge in [0.2, 0.25) is 5.91 Å². The molecule has 9 nitrogen and oxygen atoms in total. The third kappa shape index (κ3) is 4.86. The van der Waals surface area contributed by atoms with E-state index in [9.17, 15) is 18.0 Å². The number of pyridine rings is 1. The molecule has 0 unspecified atom stereocenters.